The van der Waals surface area contributed by atoms with Gasteiger partial charge < -0.3 is 9.84 Å². The molecule has 1 rings (SSSR count). The topological polar surface area (TPSA) is 63.6 Å². The molecule has 0 aliphatic heterocycles. The van der Waals surface area contributed by atoms with Gasteiger partial charge in [0.15, 0.2) is 5.92 Å². The Morgan fingerprint density at radius 2 is 1.82 bits per heavy atom. The average molecular weight is 236 g/mol. The first kappa shape index (κ1) is 13.2. The highest BCUT2D eigenvalue weighted by molar-refractivity contribution is 5.99. The molecular formula is C13H16O4. The van der Waals surface area contributed by atoms with Gasteiger partial charge in [0.05, 0.1) is 6.61 Å². The van der Waals surface area contributed by atoms with Gasteiger partial charge in [-0.15, -0.1) is 0 Å². The number of aryl methyl sites for hydroxylation is 1. The zero-order valence-corrected chi connectivity index (χ0v) is 9.97. The van der Waals surface area contributed by atoms with E-state index in [2.05, 4.69) is 0 Å². The molecule has 0 aromatic heterocycles. The van der Waals surface area contributed by atoms with Gasteiger partial charge in [-0.25, -0.2) is 0 Å². The molecule has 0 aliphatic rings. The maximum atomic E-state index is 11.5. The second-order valence-electron chi connectivity index (χ2n) is 3.62. The first-order valence-electron chi connectivity index (χ1n) is 5.58. The van der Waals surface area contributed by atoms with Gasteiger partial charge in [-0.05, 0) is 24.5 Å². The summed E-state index contributed by atoms with van der Waals surface area (Å²) in [4.78, 5) is 22.6. The van der Waals surface area contributed by atoms with Crippen LogP contribution in [0.2, 0.25) is 0 Å². The normalized spacial score (nSPS) is 11.9. The summed E-state index contributed by atoms with van der Waals surface area (Å²) < 4.78 is 4.76. The summed E-state index contributed by atoms with van der Waals surface area (Å²) in [5.41, 5.74) is 1.55. The van der Waals surface area contributed by atoms with E-state index in [4.69, 9.17) is 9.84 Å². The Morgan fingerprint density at radius 3 is 2.24 bits per heavy atom. The van der Waals surface area contributed by atoms with Crippen LogP contribution in [0.4, 0.5) is 0 Å². The molecule has 0 radical (unpaired) electrons. The Bertz CT molecular complexity index is 394. The summed E-state index contributed by atoms with van der Waals surface area (Å²) in [5, 5.41) is 9.05. The van der Waals surface area contributed by atoms with Crippen LogP contribution in [0.1, 0.15) is 30.9 Å². The second-order valence-corrected chi connectivity index (χ2v) is 3.62. The number of rotatable bonds is 5. The molecule has 0 saturated carbocycles. The number of aliphatic carboxylic acids is 1. The van der Waals surface area contributed by atoms with Crippen molar-refractivity contribution < 1.29 is 19.4 Å². The molecule has 1 N–H and O–H groups in total. The molecule has 0 heterocycles. The molecule has 4 nitrogen and oxygen atoms in total. The summed E-state index contributed by atoms with van der Waals surface area (Å²) in [5.74, 6) is -3.14. The summed E-state index contributed by atoms with van der Waals surface area (Å²) in [6.07, 6.45) is 0.872. The van der Waals surface area contributed by atoms with Gasteiger partial charge in [0, 0.05) is 0 Å². The minimum Gasteiger partial charge on any atom is -0.480 e. The van der Waals surface area contributed by atoms with Gasteiger partial charge in [0.1, 0.15) is 0 Å². The van der Waals surface area contributed by atoms with Crippen LogP contribution in [-0.2, 0) is 20.7 Å². The lowest BCUT2D eigenvalue weighted by atomic mass is 9.98. The lowest BCUT2D eigenvalue weighted by molar-refractivity contribution is -0.153. The predicted molar refractivity (Wildman–Crippen MR) is 62.8 cm³/mol. The van der Waals surface area contributed by atoms with Crippen molar-refractivity contribution in [2.24, 2.45) is 0 Å². The van der Waals surface area contributed by atoms with E-state index in [9.17, 15) is 9.59 Å². The van der Waals surface area contributed by atoms with E-state index in [0.29, 0.717) is 5.56 Å². The number of ether oxygens (including phenoxy) is 1. The lowest BCUT2D eigenvalue weighted by Crippen LogP contribution is -2.23. The molecule has 4 heteroatoms. The molecule has 0 fully saturated rings. The summed E-state index contributed by atoms with van der Waals surface area (Å²) in [6.45, 7) is 3.84. The maximum absolute atomic E-state index is 11.5. The van der Waals surface area contributed by atoms with Crippen molar-refractivity contribution in [3.8, 4) is 0 Å². The fourth-order valence-corrected chi connectivity index (χ4v) is 1.55. The van der Waals surface area contributed by atoms with Crippen molar-refractivity contribution >= 4 is 11.9 Å². The van der Waals surface area contributed by atoms with Gasteiger partial charge in [0.2, 0.25) is 0 Å². The third-order valence-electron chi connectivity index (χ3n) is 2.49. The molecule has 1 atom stereocenters. The van der Waals surface area contributed by atoms with Crippen molar-refractivity contribution in [1.82, 2.24) is 0 Å². The minimum absolute atomic E-state index is 0.176. The highest BCUT2D eigenvalue weighted by atomic mass is 16.5. The highest BCUT2D eigenvalue weighted by Gasteiger charge is 2.29. The van der Waals surface area contributed by atoms with Crippen molar-refractivity contribution in [2.75, 3.05) is 6.61 Å². The molecule has 0 bridgehead atoms. The Hall–Kier alpha value is -1.84. The maximum Gasteiger partial charge on any atom is 0.324 e. The number of benzene rings is 1. The quantitative estimate of drug-likeness (QED) is 0.627. The number of esters is 1. The number of carbonyl (C=O) groups is 2. The van der Waals surface area contributed by atoms with E-state index in [-0.39, 0.29) is 6.61 Å². The Balaban J connectivity index is 2.97. The second kappa shape index (κ2) is 6.03. The number of hydrogen-bond acceptors (Lipinski definition) is 3. The first-order valence-corrected chi connectivity index (χ1v) is 5.58. The molecule has 0 saturated heterocycles. The molecule has 1 unspecified atom stereocenters. The van der Waals surface area contributed by atoms with Crippen LogP contribution < -0.4 is 0 Å². The van der Waals surface area contributed by atoms with E-state index in [0.717, 1.165) is 12.0 Å². The van der Waals surface area contributed by atoms with Crippen molar-refractivity contribution in [3.63, 3.8) is 0 Å². The molecule has 0 aliphatic carbocycles. The Labute approximate surface area is 100 Å². The fourth-order valence-electron chi connectivity index (χ4n) is 1.55. The van der Waals surface area contributed by atoms with E-state index < -0.39 is 17.9 Å². The van der Waals surface area contributed by atoms with Crippen molar-refractivity contribution in [1.29, 1.82) is 0 Å². The Morgan fingerprint density at radius 1 is 1.24 bits per heavy atom. The highest BCUT2D eigenvalue weighted by Crippen LogP contribution is 2.19. The third-order valence-corrected chi connectivity index (χ3v) is 2.49. The number of hydrogen-bond donors (Lipinski definition) is 1. The SMILES string of the molecule is CCOC(=O)C(C(=O)O)c1ccc(CC)cc1. The van der Waals surface area contributed by atoms with Crippen LogP contribution in [0, 0.1) is 0 Å². The van der Waals surface area contributed by atoms with E-state index in [1.807, 2.05) is 19.1 Å². The first-order chi connectivity index (χ1) is 8.10. The number of carboxylic acid groups (broad SMARTS) is 1. The number of carboxylic acids is 1. The van der Waals surface area contributed by atoms with Gasteiger partial charge in [-0.2, -0.15) is 0 Å². The van der Waals surface area contributed by atoms with Crippen LogP contribution in [-0.4, -0.2) is 23.7 Å². The molecule has 0 amide bonds. The van der Waals surface area contributed by atoms with Gasteiger partial charge >= 0.3 is 11.9 Å². The summed E-state index contributed by atoms with van der Waals surface area (Å²) in [7, 11) is 0. The third kappa shape index (κ3) is 3.31. The average Bonchev–Trinajstić information content (AvgIpc) is 2.30. The molecular weight excluding hydrogens is 220 g/mol. The monoisotopic (exact) mass is 236 g/mol. The van der Waals surface area contributed by atoms with Crippen LogP contribution in [0.5, 0.6) is 0 Å². The van der Waals surface area contributed by atoms with Crippen LogP contribution in [0.3, 0.4) is 0 Å². The lowest BCUT2D eigenvalue weighted by Gasteiger charge is -2.11. The zero-order valence-electron chi connectivity index (χ0n) is 9.97. The van der Waals surface area contributed by atoms with Crippen LogP contribution in [0.15, 0.2) is 24.3 Å². The molecule has 1 aromatic carbocycles. The van der Waals surface area contributed by atoms with Crippen molar-refractivity contribution in [2.45, 2.75) is 26.2 Å². The van der Waals surface area contributed by atoms with Crippen LogP contribution >= 0.6 is 0 Å². The van der Waals surface area contributed by atoms with Crippen LogP contribution in [0.25, 0.3) is 0 Å². The largest absolute Gasteiger partial charge is 0.480 e. The fraction of sp³-hybridized carbons (Fsp3) is 0.385. The zero-order chi connectivity index (χ0) is 12.8. The molecule has 92 valence electrons. The molecule has 1 aromatic rings. The molecule has 17 heavy (non-hydrogen) atoms. The summed E-state index contributed by atoms with van der Waals surface area (Å²) in [6, 6.07) is 6.97. The van der Waals surface area contributed by atoms with Gasteiger partial charge in [-0.3, -0.25) is 9.59 Å². The van der Waals surface area contributed by atoms with E-state index in [1.54, 1.807) is 19.1 Å². The predicted octanol–water partition coefficient (Wildman–Crippen LogP) is 1.98. The van der Waals surface area contributed by atoms with E-state index >= 15 is 0 Å². The standard InChI is InChI=1S/C13H16O4/c1-3-9-5-7-10(8-6-9)11(12(14)15)13(16)17-4-2/h5-8,11H,3-4H2,1-2H3,(H,14,15). The summed E-state index contributed by atoms with van der Waals surface area (Å²) >= 11 is 0. The number of carbonyl (C=O) groups excluding carboxylic acids is 1. The van der Waals surface area contributed by atoms with Crippen molar-refractivity contribution in [3.05, 3.63) is 35.4 Å². The van der Waals surface area contributed by atoms with Gasteiger partial charge in [-0.1, -0.05) is 31.2 Å². The van der Waals surface area contributed by atoms with Gasteiger partial charge in [0.25, 0.3) is 0 Å². The van der Waals surface area contributed by atoms with E-state index in [1.165, 1.54) is 0 Å². The molecule has 0 spiro atoms. The smallest absolute Gasteiger partial charge is 0.324 e. The minimum atomic E-state index is -1.24. The Kier molecular flexibility index (Phi) is 4.69.